The summed E-state index contributed by atoms with van der Waals surface area (Å²) in [4.78, 5) is 0.587. The summed E-state index contributed by atoms with van der Waals surface area (Å²) in [5.41, 5.74) is 8.10. The average Bonchev–Trinajstić information content (AvgIpc) is 2.78. The third-order valence-electron chi connectivity index (χ3n) is 3.68. The molecule has 5 heteroatoms. The number of rotatable bonds is 4. The number of hydrogen-bond acceptors (Lipinski definition) is 4. The minimum atomic E-state index is -3.51. The molecule has 0 radical (unpaired) electrons. The molecule has 0 spiro atoms. The number of fused-ring (bicyclic) bond motifs is 1. The van der Waals surface area contributed by atoms with E-state index >= 15 is 0 Å². The second-order valence-electron chi connectivity index (χ2n) is 5.26. The van der Waals surface area contributed by atoms with Gasteiger partial charge in [-0.25, -0.2) is 8.42 Å². The predicted molar refractivity (Wildman–Crippen MR) is 86.2 cm³/mol. The van der Waals surface area contributed by atoms with Crippen molar-refractivity contribution in [3.05, 3.63) is 64.1 Å². The van der Waals surface area contributed by atoms with Crippen LogP contribution >= 0.6 is 0 Å². The van der Waals surface area contributed by atoms with Crippen LogP contribution in [-0.2, 0) is 16.4 Å². The van der Waals surface area contributed by atoms with Crippen molar-refractivity contribution in [1.82, 2.24) is 0 Å². The summed E-state index contributed by atoms with van der Waals surface area (Å²) in [6.07, 6.45) is 1.66. The molecular formula is C17H17NO3S. The maximum absolute atomic E-state index is 12.6. The van der Waals surface area contributed by atoms with Gasteiger partial charge >= 0.3 is 0 Å². The van der Waals surface area contributed by atoms with Crippen LogP contribution in [0.3, 0.4) is 0 Å². The first-order valence-corrected chi connectivity index (χ1v) is 8.48. The fourth-order valence-electron chi connectivity index (χ4n) is 2.50. The lowest BCUT2D eigenvalue weighted by Gasteiger charge is -2.09. The Bertz CT molecular complexity index is 837. The highest BCUT2D eigenvalue weighted by Gasteiger charge is 2.31. The minimum absolute atomic E-state index is 0.0179. The Kier molecular flexibility index (Phi) is 3.76. The van der Waals surface area contributed by atoms with Gasteiger partial charge in [-0.15, -0.1) is 0 Å². The summed E-state index contributed by atoms with van der Waals surface area (Å²) in [5, 5.41) is 0. The van der Waals surface area contributed by atoms with Gasteiger partial charge in [-0.2, -0.15) is 0 Å². The summed E-state index contributed by atoms with van der Waals surface area (Å²) in [6, 6.07) is 12.9. The van der Waals surface area contributed by atoms with E-state index in [1.807, 2.05) is 37.3 Å². The van der Waals surface area contributed by atoms with E-state index in [2.05, 4.69) is 0 Å². The number of aryl methyl sites for hydroxylation is 1. The predicted octanol–water partition coefficient (Wildman–Crippen LogP) is 2.66. The molecule has 0 bridgehead atoms. The summed E-state index contributed by atoms with van der Waals surface area (Å²) in [6.45, 7) is 2.20. The van der Waals surface area contributed by atoms with Crippen molar-refractivity contribution in [2.75, 3.05) is 6.61 Å². The molecule has 0 aliphatic carbocycles. The van der Waals surface area contributed by atoms with Crippen LogP contribution in [0.1, 0.15) is 16.7 Å². The first-order chi connectivity index (χ1) is 10.5. The van der Waals surface area contributed by atoms with Crippen molar-refractivity contribution in [3.8, 4) is 5.75 Å². The molecule has 22 heavy (non-hydrogen) atoms. The van der Waals surface area contributed by atoms with E-state index in [0.717, 1.165) is 5.56 Å². The smallest absolute Gasteiger partial charge is 0.207 e. The molecule has 4 nitrogen and oxygen atoms in total. The van der Waals surface area contributed by atoms with Gasteiger partial charge < -0.3 is 10.5 Å². The minimum Gasteiger partial charge on any atom is -0.488 e. The lowest BCUT2D eigenvalue weighted by Crippen LogP contribution is -2.12. The highest BCUT2D eigenvalue weighted by atomic mass is 32.2. The standard InChI is InChI=1S/C17H17NO3S/c1-12-5-7-15(8-6-12)21-11-16-9-13-3-2-4-14(10-18)17(13)22(16,19)20/h2-9H,10-11,18H2,1H3. The largest absolute Gasteiger partial charge is 0.488 e. The number of hydrogen-bond donors (Lipinski definition) is 1. The SMILES string of the molecule is Cc1ccc(OCC2=Cc3cccc(CN)c3S2(=O)=O)cc1. The second kappa shape index (κ2) is 5.59. The van der Waals surface area contributed by atoms with E-state index in [1.165, 1.54) is 0 Å². The Morgan fingerprint density at radius 3 is 2.50 bits per heavy atom. The number of nitrogens with two attached hydrogens (primary N) is 1. The van der Waals surface area contributed by atoms with Crippen molar-refractivity contribution >= 4 is 15.9 Å². The molecule has 3 rings (SSSR count). The molecule has 0 fully saturated rings. The Morgan fingerprint density at radius 2 is 1.82 bits per heavy atom. The van der Waals surface area contributed by atoms with Gasteiger partial charge in [0.2, 0.25) is 9.84 Å². The molecule has 0 unspecified atom stereocenters. The van der Waals surface area contributed by atoms with Crippen LogP contribution in [0, 0.1) is 6.92 Å². The molecule has 2 aromatic carbocycles. The second-order valence-corrected chi connectivity index (χ2v) is 7.19. The molecule has 2 N–H and O–H groups in total. The molecule has 1 aliphatic rings. The normalized spacial score (nSPS) is 15.3. The maximum Gasteiger partial charge on any atom is 0.207 e. The van der Waals surface area contributed by atoms with Crippen molar-refractivity contribution < 1.29 is 13.2 Å². The summed E-state index contributed by atoms with van der Waals surface area (Å²) >= 11 is 0. The van der Waals surface area contributed by atoms with Gasteiger partial charge in [-0.3, -0.25) is 0 Å². The monoisotopic (exact) mass is 315 g/mol. The molecule has 0 aromatic heterocycles. The average molecular weight is 315 g/mol. The summed E-state index contributed by atoms with van der Waals surface area (Å²) in [5.74, 6) is 0.650. The van der Waals surface area contributed by atoms with E-state index in [1.54, 1.807) is 18.2 Å². The van der Waals surface area contributed by atoms with Crippen LogP contribution in [0.2, 0.25) is 0 Å². The van der Waals surface area contributed by atoms with E-state index in [-0.39, 0.29) is 18.1 Å². The molecule has 114 valence electrons. The molecule has 0 amide bonds. The van der Waals surface area contributed by atoms with E-state index < -0.39 is 9.84 Å². The zero-order chi connectivity index (χ0) is 15.7. The molecule has 2 aromatic rings. The third kappa shape index (κ3) is 2.53. The van der Waals surface area contributed by atoms with Gasteiger partial charge in [0.15, 0.2) is 0 Å². The molecule has 0 atom stereocenters. The number of benzene rings is 2. The van der Waals surface area contributed by atoms with E-state index in [9.17, 15) is 8.42 Å². The lowest BCUT2D eigenvalue weighted by molar-refractivity contribution is 0.359. The molecule has 0 saturated carbocycles. The number of sulfone groups is 1. The summed E-state index contributed by atoms with van der Waals surface area (Å²) in [7, 11) is -3.51. The molecule has 0 saturated heterocycles. The first-order valence-electron chi connectivity index (χ1n) is 6.99. The zero-order valence-electron chi connectivity index (χ0n) is 12.2. The Balaban J connectivity index is 1.86. The quantitative estimate of drug-likeness (QED) is 0.941. The van der Waals surface area contributed by atoms with Gasteiger partial charge in [0.1, 0.15) is 12.4 Å². The van der Waals surface area contributed by atoms with Gasteiger partial charge in [0.05, 0.1) is 9.80 Å². The topological polar surface area (TPSA) is 69.4 Å². The van der Waals surface area contributed by atoms with E-state index in [4.69, 9.17) is 10.5 Å². The fraction of sp³-hybridized carbons (Fsp3) is 0.176. The Morgan fingerprint density at radius 1 is 1.09 bits per heavy atom. The Hall–Kier alpha value is -2.11. The van der Waals surface area contributed by atoms with Crippen LogP contribution in [0.5, 0.6) is 5.75 Å². The van der Waals surface area contributed by atoms with Gasteiger partial charge in [-0.05, 0) is 36.3 Å². The Labute approximate surface area is 130 Å². The highest BCUT2D eigenvalue weighted by molar-refractivity contribution is 7.96. The van der Waals surface area contributed by atoms with Crippen molar-refractivity contribution in [2.24, 2.45) is 5.73 Å². The van der Waals surface area contributed by atoms with E-state index in [0.29, 0.717) is 21.8 Å². The maximum atomic E-state index is 12.6. The molecule has 1 aliphatic heterocycles. The van der Waals surface area contributed by atoms with Crippen molar-refractivity contribution in [1.29, 1.82) is 0 Å². The van der Waals surface area contributed by atoms with Crippen molar-refractivity contribution in [2.45, 2.75) is 18.4 Å². The van der Waals surface area contributed by atoms with Gasteiger partial charge in [-0.1, -0.05) is 35.9 Å². The molecule has 1 heterocycles. The van der Waals surface area contributed by atoms with Crippen LogP contribution in [-0.4, -0.2) is 15.0 Å². The highest BCUT2D eigenvalue weighted by Crippen LogP contribution is 2.35. The van der Waals surface area contributed by atoms with Crippen molar-refractivity contribution in [3.63, 3.8) is 0 Å². The van der Waals surface area contributed by atoms with Crippen LogP contribution < -0.4 is 10.5 Å². The number of ether oxygens (including phenoxy) is 1. The van der Waals surface area contributed by atoms with Crippen LogP contribution in [0.4, 0.5) is 0 Å². The van der Waals surface area contributed by atoms with Gasteiger partial charge in [0.25, 0.3) is 0 Å². The van der Waals surface area contributed by atoms with Crippen LogP contribution in [0.15, 0.2) is 52.3 Å². The fourth-order valence-corrected chi connectivity index (χ4v) is 4.19. The third-order valence-corrected chi connectivity index (χ3v) is 5.64. The zero-order valence-corrected chi connectivity index (χ0v) is 13.1. The van der Waals surface area contributed by atoms with Gasteiger partial charge in [0, 0.05) is 6.54 Å². The van der Waals surface area contributed by atoms with Crippen LogP contribution in [0.25, 0.3) is 6.08 Å². The lowest BCUT2D eigenvalue weighted by atomic mass is 10.1. The summed E-state index contributed by atoms with van der Waals surface area (Å²) < 4.78 is 30.9. The molecular weight excluding hydrogens is 298 g/mol. The first kappa shape index (κ1) is 14.8.